The molecule has 0 bridgehead atoms. The quantitative estimate of drug-likeness (QED) is 0.710. The Hall–Kier alpha value is -3.11. The highest BCUT2D eigenvalue weighted by Gasteiger charge is 2.33. The third-order valence-electron chi connectivity index (χ3n) is 4.86. The molecule has 0 aliphatic carbocycles. The molecule has 1 heterocycles. The normalized spacial score (nSPS) is 18.8. The van der Waals surface area contributed by atoms with Gasteiger partial charge in [-0.05, 0) is 29.8 Å². The van der Waals surface area contributed by atoms with Gasteiger partial charge in [0.25, 0.3) is 0 Å². The van der Waals surface area contributed by atoms with Crippen LogP contribution in [0.15, 0.2) is 84.9 Å². The van der Waals surface area contributed by atoms with Crippen molar-refractivity contribution in [3.05, 3.63) is 90.5 Å². The van der Waals surface area contributed by atoms with Crippen LogP contribution in [0.1, 0.15) is 11.5 Å². The fourth-order valence-electron chi connectivity index (χ4n) is 3.50. The van der Waals surface area contributed by atoms with Crippen molar-refractivity contribution in [1.29, 1.82) is 0 Å². The lowest BCUT2D eigenvalue weighted by atomic mass is 9.88. The molecule has 1 fully saturated rings. The van der Waals surface area contributed by atoms with Crippen LogP contribution in [0.2, 0.25) is 0 Å². The number of carbonyl (C=O) groups excluding carboxylic acids is 1. The van der Waals surface area contributed by atoms with Crippen molar-refractivity contribution in [2.24, 2.45) is 5.92 Å². The van der Waals surface area contributed by atoms with E-state index in [0.29, 0.717) is 12.3 Å². The van der Waals surface area contributed by atoms with Gasteiger partial charge >= 0.3 is 0 Å². The number of hydrogen-bond donors (Lipinski definition) is 2. The molecule has 1 aliphatic heterocycles. The second kappa shape index (κ2) is 8.06. The largest absolute Gasteiger partial charge is 0.457 e. The number of benzene rings is 3. The summed E-state index contributed by atoms with van der Waals surface area (Å²) in [7, 11) is 0. The topological polar surface area (TPSA) is 50.4 Å². The second-order valence-corrected chi connectivity index (χ2v) is 6.71. The van der Waals surface area contributed by atoms with Gasteiger partial charge in [0.05, 0.1) is 5.92 Å². The molecule has 3 aromatic carbocycles. The summed E-state index contributed by atoms with van der Waals surface area (Å²) in [5.74, 6) is 1.60. The molecule has 136 valence electrons. The first-order chi connectivity index (χ1) is 13.3. The minimum Gasteiger partial charge on any atom is -0.457 e. The molecular formula is C23H22N2O2. The van der Waals surface area contributed by atoms with Gasteiger partial charge < -0.3 is 15.4 Å². The van der Waals surface area contributed by atoms with Gasteiger partial charge in [0.2, 0.25) is 5.91 Å². The highest BCUT2D eigenvalue weighted by atomic mass is 16.5. The molecule has 3 aromatic rings. The van der Waals surface area contributed by atoms with Crippen LogP contribution in [0.4, 0.5) is 5.69 Å². The van der Waals surface area contributed by atoms with Gasteiger partial charge in [-0.3, -0.25) is 4.79 Å². The predicted molar refractivity (Wildman–Crippen MR) is 107 cm³/mol. The van der Waals surface area contributed by atoms with Crippen LogP contribution < -0.4 is 15.4 Å². The monoisotopic (exact) mass is 358 g/mol. The Bertz CT molecular complexity index is 897. The van der Waals surface area contributed by atoms with Gasteiger partial charge in [0, 0.05) is 30.8 Å². The third kappa shape index (κ3) is 4.18. The van der Waals surface area contributed by atoms with Crippen LogP contribution in [0, 0.1) is 5.92 Å². The average Bonchev–Trinajstić information content (AvgIpc) is 3.20. The van der Waals surface area contributed by atoms with E-state index in [0.717, 1.165) is 18.0 Å². The summed E-state index contributed by atoms with van der Waals surface area (Å²) in [4.78, 5) is 12.9. The fourth-order valence-corrected chi connectivity index (χ4v) is 3.50. The molecule has 0 spiro atoms. The van der Waals surface area contributed by atoms with Gasteiger partial charge in [-0.1, -0.05) is 54.6 Å². The lowest BCUT2D eigenvalue weighted by Gasteiger charge is -2.19. The maximum atomic E-state index is 12.9. The zero-order valence-corrected chi connectivity index (χ0v) is 15.0. The summed E-state index contributed by atoms with van der Waals surface area (Å²) in [5, 5.41) is 6.40. The van der Waals surface area contributed by atoms with Gasteiger partial charge in [-0.15, -0.1) is 0 Å². The minimum atomic E-state index is -0.0916. The molecule has 4 rings (SSSR count). The number of rotatable bonds is 5. The Morgan fingerprint density at radius 1 is 0.852 bits per heavy atom. The van der Waals surface area contributed by atoms with Gasteiger partial charge in [-0.25, -0.2) is 0 Å². The second-order valence-electron chi connectivity index (χ2n) is 6.71. The van der Waals surface area contributed by atoms with E-state index in [4.69, 9.17) is 4.74 Å². The van der Waals surface area contributed by atoms with Gasteiger partial charge in [0.15, 0.2) is 0 Å². The number of hydrogen-bond acceptors (Lipinski definition) is 3. The van der Waals surface area contributed by atoms with Crippen molar-refractivity contribution < 1.29 is 9.53 Å². The first-order valence-corrected chi connectivity index (χ1v) is 9.19. The molecule has 0 radical (unpaired) electrons. The van der Waals surface area contributed by atoms with Crippen molar-refractivity contribution in [1.82, 2.24) is 5.32 Å². The van der Waals surface area contributed by atoms with Crippen LogP contribution in [0.5, 0.6) is 11.5 Å². The first-order valence-electron chi connectivity index (χ1n) is 9.19. The lowest BCUT2D eigenvalue weighted by molar-refractivity contribution is -0.119. The maximum absolute atomic E-state index is 12.9. The highest BCUT2D eigenvalue weighted by Crippen LogP contribution is 2.30. The molecule has 1 aliphatic rings. The van der Waals surface area contributed by atoms with Crippen LogP contribution in [0.25, 0.3) is 0 Å². The minimum absolute atomic E-state index is 0.0331. The molecule has 0 aromatic heterocycles. The Morgan fingerprint density at radius 2 is 1.56 bits per heavy atom. The Balaban J connectivity index is 1.45. The molecule has 4 heteroatoms. The fraction of sp³-hybridized carbons (Fsp3) is 0.174. The molecule has 27 heavy (non-hydrogen) atoms. The molecular weight excluding hydrogens is 336 g/mol. The molecule has 2 unspecified atom stereocenters. The van der Waals surface area contributed by atoms with Crippen LogP contribution in [-0.4, -0.2) is 19.0 Å². The zero-order valence-electron chi connectivity index (χ0n) is 15.0. The summed E-state index contributed by atoms with van der Waals surface area (Å²) in [6.07, 6.45) is 0. The molecule has 0 saturated carbocycles. The molecule has 1 saturated heterocycles. The zero-order chi connectivity index (χ0) is 18.5. The van der Waals surface area contributed by atoms with E-state index >= 15 is 0 Å². The molecule has 1 amide bonds. The number of carbonyl (C=O) groups is 1. The summed E-state index contributed by atoms with van der Waals surface area (Å²) in [6.45, 7) is 1.50. The smallest absolute Gasteiger partial charge is 0.229 e. The van der Waals surface area contributed by atoms with Crippen LogP contribution in [0.3, 0.4) is 0 Å². The summed E-state index contributed by atoms with van der Waals surface area (Å²) in [5.41, 5.74) is 1.94. The van der Waals surface area contributed by atoms with Crippen LogP contribution in [-0.2, 0) is 4.79 Å². The highest BCUT2D eigenvalue weighted by molar-refractivity contribution is 5.93. The van der Waals surface area contributed by atoms with Crippen molar-refractivity contribution in [3.63, 3.8) is 0 Å². The Morgan fingerprint density at radius 3 is 2.33 bits per heavy atom. The van der Waals surface area contributed by atoms with Crippen molar-refractivity contribution in [2.75, 3.05) is 18.4 Å². The predicted octanol–water partition coefficient (Wildman–Crippen LogP) is 4.42. The van der Waals surface area contributed by atoms with E-state index in [-0.39, 0.29) is 17.7 Å². The third-order valence-corrected chi connectivity index (χ3v) is 4.86. The van der Waals surface area contributed by atoms with Crippen molar-refractivity contribution in [3.8, 4) is 11.5 Å². The standard InChI is InChI=1S/C23H22N2O2/c26-23(22-16-24-15-21(22)17-8-3-1-4-9-17)25-18-10-7-13-20(14-18)27-19-11-5-2-6-12-19/h1-14,21-22,24H,15-16H2,(H,25,26). The lowest BCUT2D eigenvalue weighted by Crippen LogP contribution is -2.28. The van der Waals surface area contributed by atoms with E-state index in [1.807, 2.05) is 72.8 Å². The Labute approximate surface area is 159 Å². The number of para-hydroxylation sites is 1. The average molecular weight is 358 g/mol. The van der Waals surface area contributed by atoms with E-state index in [1.54, 1.807) is 0 Å². The molecule has 2 N–H and O–H groups in total. The number of anilines is 1. The maximum Gasteiger partial charge on any atom is 0.229 e. The van der Waals surface area contributed by atoms with Crippen molar-refractivity contribution >= 4 is 11.6 Å². The van der Waals surface area contributed by atoms with Gasteiger partial charge in [-0.2, -0.15) is 0 Å². The van der Waals surface area contributed by atoms with Crippen molar-refractivity contribution in [2.45, 2.75) is 5.92 Å². The van der Waals surface area contributed by atoms with Crippen LogP contribution >= 0.6 is 0 Å². The van der Waals surface area contributed by atoms with E-state index < -0.39 is 0 Å². The van der Waals surface area contributed by atoms with E-state index in [9.17, 15) is 4.79 Å². The number of ether oxygens (including phenoxy) is 1. The van der Waals surface area contributed by atoms with Gasteiger partial charge in [0.1, 0.15) is 11.5 Å². The summed E-state index contributed by atoms with van der Waals surface area (Å²) >= 11 is 0. The number of nitrogens with one attached hydrogen (secondary N) is 2. The first kappa shape index (κ1) is 17.3. The Kier molecular flexibility index (Phi) is 5.17. The van der Waals surface area contributed by atoms with E-state index in [1.165, 1.54) is 5.56 Å². The van der Waals surface area contributed by atoms with E-state index in [2.05, 4.69) is 22.8 Å². The number of amides is 1. The SMILES string of the molecule is O=C(Nc1cccc(Oc2ccccc2)c1)C1CNCC1c1ccccc1. The summed E-state index contributed by atoms with van der Waals surface area (Å²) in [6, 6.07) is 27.3. The molecule has 2 atom stereocenters. The summed E-state index contributed by atoms with van der Waals surface area (Å²) < 4.78 is 5.85. The molecule has 4 nitrogen and oxygen atoms in total.